The standard InChI is InChI=1S/C31H40N6O4S/c1-7-23-18-36(42(39,40)26-10-9-15-33-29(26)41-23)17-22-16-21(12-11-19(22)3)27(31(5,6)30(32)38)24-13-14-25-28(20(24)4)34-35-37(25)8-2/h9-16,23,27,39-40H,7-8,17-18H2,1-6H3,(H2,32,38)/t23-,27+/m1/s1. The lowest BCUT2D eigenvalue weighted by Crippen LogP contribution is -2.38. The maximum Gasteiger partial charge on any atom is 0.239 e. The molecule has 0 saturated heterocycles. The van der Waals surface area contributed by atoms with E-state index in [0.29, 0.717) is 19.5 Å². The average molecular weight is 593 g/mol. The van der Waals surface area contributed by atoms with Gasteiger partial charge in [-0.3, -0.25) is 13.9 Å². The number of carbonyl (C=O) groups is 1. The third kappa shape index (κ3) is 5.15. The first-order chi connectivity index (χ1) is 19.9. The first-order valence-electron chi connectivity index (χ1n) is 14.3. The van der Waals surface area contributed by atoms with Crippen LogP contribution in [-0.2, 0) is 17.9 Å². The SMILES string of the molecule is CC[C@@H]1CN(Cc2cc([C@@H](c3ccc4c(nnn4CC)c3C)C(C)(C)C(N)=O)ccc2C)S(O)(O)c2cccnc2O1. The Hall–Kier alpha value is -3.51. The van der Waals surface area contributed by atoms with Gasteiger partial charge < -0.3 is 10.5 Å². The molecule has 10 nitrogen and oxygen atoms in total. The number of rotatable bonds is 8. The highest BCUT2D eigenvalue weighted by molar-refractivity contribution is 8.22. The highest BCUT2D eigenvalue weighted by Gasteiger charge is 2.40. The van der Waals surface area contributed by atoms with Gasteiger partial charge in [0.25, 0.3) is 0 Å². The number of fused-ring (bicyclic) bond motifs is 2. The smallest absolute Gasteiger partial charge is 0.239 e. The zero-order valence-electron chi connectivity index (χ0n) is 25.0. The molecule has 4 N–H and O–H groups in total. The first-order valence-corrected chi connectivity index (χ1v) is 15.8. The summed E-state index contributed by atoms with van der Waals surface area (Å²) in [4.78, 5) is 17.5. The van der Waals surface area contributed by atoms with E-state index in [2.05, 4.69) is 21.4 Å². The quantitative estimate of drug-likeness (QED) is 0.233. The molecule has 4 aromatic rings. The van der Waals surface area contributed by atoms with Gasteiger partial charge in [-0.1, -0.05) is 50.3 Å². The molecule has 3 heterocycles. The second kappa shape index (κ2) is 11.3. The van der Waals surface area contributed by atoms with Crippen molar-refractivity contribution >= 4 is 27.7 Å². The summed E-state index contributed by atoms with van der Waals surface area (Å²) in [5.41, 5.74) is 11.5. The molecular formula is C31H40N6O4S. The summed E-state index contributed by atoms with van der Waals surface area (Å²) in [6.45, 7) is 13.1. The molecule has 0 spiro atoms. The maximum atomic E-state index is 12.9. The van der Waals surface area contributed by atoms with E-state index in [1.807, 2.05) is 70.5 Å². The topological polar surface area (TPSA) is 140 Å². The summed E-state index contributed by atoms with van der Waals surface area (Å²) in [7, 11) is -3.38. The molecule has 0 bridgehead atoms. The minimum atomic E-state index is -3.38. The summed E-state index contributed by atoms with van der Waals surface area (Å²) in [5, 5.41) is 8.74. The van der Waals surface area contributed by atoms with Gasteiger partial charge in [0.1, 0.15) is 16.5 Å². The molecule has 224 valence electrons. The van der Waals surface area contributed by atoms with Crippen LogP contribution in [0.5, 0.6) is 5.88 Å². The Morgan fingerprint density at radius 1 is 1.19 bits per heavy atom. The predicted octanol–water partition coefficient (Wildman–Crippen LogP) is 5.80. The fourth-order valence-corrected chi connectivity index (χ4v) is 7.36. The summed E-state index contributed by atoms with van der Waals surface area (Å²) in [6.07, 6.45) is 2.01. The number of nitrogens with zero attached hydrogens (tertiary/aromatic N) is 5. The normalized spacial score (nSPS) is 18.6. The van der Waals surface area contributed by atoms with Crippen molar-refractivity contribution in [2.75, 3.05) is 6.54 Å². The molecule has 42 heavy (non-hydrogen) atoms. The average Bonchev–Trinajstić information content (AvgIpc) is 3.34. The number of amides is 1. The molecule has 0 radical (unpaired) electrons. The van der Waals surface area contributed by atoms with E-state index in [-0.39, 0.29) is 29.3 Å². The Kier molecular flexibility index (Phi) is 8.06. The number of hydrogen-bond donors (Lipinski definition) is 3. The molecule has 1 aliphatic rings. The highest BCUT2D eigenvalue weighted by atomic mass is 32.3. The van der Waals surface area contributed by atoms with E-state index in [9.17, 15) is 13.9 Å². The molecule has 5 rings (SSSR count). The van der Waals surface area contributed by atoms with Crippen molar-refractivity contribution in [3.05, 3.63) is 76.5 Å². The lowest BCUT2D eigenvalue weighted by molar-refractivity contribution is -0.126. The fraction of sp³-hybridized carbons (Fsp3) is 0.419. The zero-order chi connectivity index (χ0) is 30.4. The second-order valence-corrected chi connectivity index (χ2v) is 13.5. The van der Waals surface area contributed by atoms with E-state index in [1.165, 1.54) is 0 Å². The van der Waals surface area contributed by atoms with Crippen LogP contribution in [-0.4, -0.2) is 51.9 Å². The first kappa shape index (κ1) is 30.0. The lowest BCUT2D eigenvalue weighted by Gasteiger charge is -2.42. The maximum absolute atomic E-state index is 12.9. The van der Waals surface area contributed by atoms with Crippen LogP contribution in [0.3, 0.4) is 0 Å². The number of pyridine rings is 1. The monoisotopic (exact) mass is 592 g/mol. The number of aromatic nitrogens is 4. The molecule has 2 aromatic heterocycles. The van der Waals surface area contributed by atoms with Gasteiger partial charge in [-0.15, -0.1) is 15.9 Å². The Morgan fingerprint density at radius 3 is 2.64 bits per heavy atom. The number of ether oxygens (including phenoxy) is 1. The van der Waals surface area contributed by atoms with E-state index in [0.717, 1.165) is 38.9 Å². The van der Waals surface area contributed by atoms with Crippen LogP contribution >= 0.6 is 10.8 Å². The number of benzene rings is 2. The molecule has 2 atom stereocenters. The van der Waals surface area contributed by atoms with Crippen LogP contribution in [0.2, 0.25) is 0 Å². The van der Waals surface area contributed by atoms with E-state index >= 15 is 0 Å². The van der Waals surface area contributed by atoms with Crippen molar-refractivity contribution in [2.24, 2.45) is 11.1 Å². The molecule has 11 heteroatoms. The van der Waals surface area contributed by atoms with Crippen LogP contribution in [0.15, 0.2) is 53.6 Å². The van der Waals surface area contributed by atoms with Crippen LogP contribution in [0.25, 0.3) is 11.0 Å². The number of aryl methyl sites for hydroxylation is 3. The number of primary amides is 1. The van der Waals surface area contributed by atoms with Crippen LogP contribution in [0.1, 0.15) is 67.9 Å². The van der Waals surface area contributed by atoms with Gasteiger partial charge in [-0.25, -0.2) is 9.67 Å². The van der Waals surface area contributed by atoms with Crippen LogP contribution in [0.4, 0.5) is 0 Å². The van der Waals surface area contributed by atoms with Crippen molar-refractivity contribution in [1.82, 2.24) is 24.3 Å². The lowest BCUT2D eigenvalue weighted by atomic mass is 9.69. The Morgan fingerprint density at radius 2 is 1.95 bits per heavy atom. The molecule has 1 aliphatic heterocycles. The highest BCUT2D eigenvalue weighted by Crippen LogP contribution is 2.57. The molecule has 1 amide bonds. The van der Waals surface area contributed by atoms with Crippen LogP contribution in [0, 0.1) is 19.3 Å². The fourth-order valence-electron chi connectivity index (χ4n) is 5.79. The Bertz CT molecular complexity index is 1640. The molecule has 0 aliphatic carbocycles. The Labute approximate surface area is 248 Å². The van der Waals surface area contributed by atoms with Crippen LogP contribution < -0.4 is 10.5 Å². The van der Waals surface area contributed by atoms with Gasteiger partial charge in [0.05, 0.1) is 17.5 Å². The van der Waals surface area contributed by atoms with E-state index in [4.69, 9.17) is 10.5 Å². The molecular weight excluding hydrogens is 552 g/mol. The van der Waals surface area contributed by atoms with Crippen molar-refractivity contribution in [3.63, 3.8) is 0 Å². The third-order valence-electron chi connectivity index (χ3n) is 8.54. The van der Waals surface area contributed by atoms with E-state index in [1.54, 1.807) is 22.6 Å². The van der Waals surface area contributed by atoms with Crippen molar-refractivity contribution in [2.45, 2.75) is 78.0 Å². The zero-order valence-corrected chi connectivity index (χ0v) is 25.9. The second-order valence-electron chi connectivity index (χ2n) is 11.6. The van der Waals surface area contributed by atoms with Crippen molar-refractivity contribution in [3.8, 4) is 5.88 Å². The van der Waals surface area contributed by atoms with Crippen molar-refractivity contribution in [1.29, 1.82) is 0 Å². The summed E-state index contributed by atoms with van der Waals surface area (Å²) in [5.74, 6) is -0.543. The minimum Gasteiger partial charge on any atom is -0.472 e. The van der Waals surface area contributed by atoms with E-state index < -0.39 is 22.1 Å². The van der Waals surface area contributed by atoms with Gasteiger partial charge in [0, 0.05) is 25.2 Å². The molecule has 0 unspecified atom stereocenters. The molecule has 2 aromatic carbocycles. The van der Waals surface area contributed by atoms with Gasteiger partial charge in [0.15, 0.2) is 0 Å². The van der Waals surface area contributed by atoms with Gasteiger partial charge in [-0.2, -0.15) is 4.31 Å². The van der Waals surface area contributed by atoms with Gasteiger partial charge in [-0.05, 0) is 73.2 Å². The number of carbonyl (C=O) groups excluding carboxylic acids is 1. The Balaban J connectivity index is 1.61. The summed E-state index contributed by atoms with van der Waals surface area (Å²) in [6, 6.07) is 13.5. The number of hydrogen-bond acceptors (Lipinski definition) is 8. The summed E-state index contributed by atoms with van der Waals surface area (Å²) < 4.78 is 32.7. The summed E-state index contributed by atoms with van der Waals surface area (Å²) >= 11 is 0. The molecule has 0 fully saturated rings. The van der Waals surface area contributed by atoms with Gasteiger partial charge in [0.2, 0.25) is 11.8 Å². The van der Waals surface area contributed by atoms with Crippen molar-refractivity contribution < 1.29 is 18.6 Å². The third-order valence-corrected chi connectivity index (χ3v) is 10.4. The predicted molar refractivity (Wildman–Crippen MR) is 164 cm³/mol. The largest absolute Gasteiger partial charge is 0.472 e. The number of nitrogens with two attached hydrogens (primary N) is 1. The van der Waals surface area contributed by atoms with Gasteiger partial charge >= 0.3 is 0 Å². The molecule has 0 saturated carbocycles. The minimum absolute atomic E-state index is 0.256.